The molecular formula is C21H24F5N5O. The van der Waals surface area contributed by atoms with Crippen molar-refractivity contribution in [2.45, 2.75) is 57.8 Å². The van der Waals surface area contributed by atoms with E-state index in [9.17, 15) is 26.7 Å². The second-order valence-corrected chi connectivity index (χ2v) is 7.68. The molecule has 2 N–H and O–H groups in total. The highest BCUT2D eigenvalue weighted by atomic mass is 19.4. The Hall–Kier alpha value is -2.98. The Labute approximate surface area is 182 Å². The Morgan fingerprint density at radius 3 is 2.44 bits per heavy atom. The van der Waals surface area contributed by atoms with Crippen LogP contribution in [0.5, 0.6) is 0 Å². The average molecular weight is 457 g/mol. The van der Waals surface area contributed by atoms with E-state index in [1.165, 1.54) is 0 Å². The number of nitrogens with one attached hydrogen (secondary N) is 2. The van der Waals surface area contributed by atoms with Gasteiger partial charge in [-0.1, -0.05) is 0 Å². The van der Waals surface area contributed by atoms with E-state index in [0.717, 1.165) is 11.6 Å². The molecule has 1 aliphatic rings. The number of aryl methyl sites for hydroxylation is 1. The fourth-order valence-electron chi connectivity index (χ4n) is 3.78. The van der Waals surface area contributed by atoms with Gasteiger partial charge in [-0.25, -0.2) is 13.8 Å². The molecule has 1 saturated carbocycles. The summed E-state index contributed by atoms with van der Waals surface area (Å²) in [4.78, 5) is 21.3. The largest absolute Gasteiger partial charge is 0.471 e. The van der Waals surface area contributed by atoms with E-state index in [1.807, 2.05) is 13.8 Å². The van der Waals surface area contributed by atoms with Crippen LogP contribution in [-0.2, 0) is 4.79 Å². The highest BCUT2D eigenvalue weighted by molar-refractivity contribution is 5.97. The van der Waals surface area contributed by atoms with Crippen LogP contribution in [0.4, 0.5) is 39.4 Å². The van der Waals surface area contributed by atoms with Crippen LogP contribution in [0.25, 0.3) is 0 Å². The maximum absolute atomic E-state index is 13.7. The van der Waals surface area contributed by atoms with Crippen LogP contribution >= 0.6 is 0 Å². The predicted molar refractivity (Wildman–Crippen MR) is 110 cm³/mol. The number of carbonyl (C=O) groups excluding carboxylic acids is 1. The molecule has 1 aliphatic carbocycles. The van der Waals surface area contributed by atoms with Crippen molar-refractivity contribution in [2.75, 3.05) is 22.1 Å². The first kappa shape index (κ1) is 23.7. The zero-order valence-corrected chi connectivity index (χ0v) is 17.6. The number of aromatic nitrogens is 2. The number of nitrogens with zero attached hydrogens (tertiary/aromatic N) is 3. The van der Waals surface area contributed by atoms with E-state index < -0.39 is 29.8 Å². The van der Waals surface area contributed by atoms with Crippen molar-refractivity contribution in [3.05, 3.63) is 41.6 Å². The van der Waals surface area contributed by atoms with Crippen molar-refractivity contribution < 1.29 is 26.7 Å². The minimum atomic E-state index is -5.14. The topological polar surface area (TPSA) is 70.2 Å². The van der Waals surface area contributed by atoms with E-state index in [4.69, 9.17) is 0 Å². The van der Waals surface area contributed by atoms with Crippen LogP contribution in [0.1, 0.15) is 38.2 Å². The van der Waals surface area contributed by atoms with Crippen molar-refractivity contribution in [1.82, 2.24) is 9.97 Å². The Bertz CT molecular complexity index is 960. The van der Waals surface area contributed by atoms with Crippen molar-refractivity contribution in [1.29, 1.82) is 0 Å². The summed E-state index contributed by atoms with van der Waals surface area (Å²) in [6, 6.07) is 1.41. The Morgan fingerprint density at radius 1 is 1.16 bits per heavy atom. The lowest BCUT2D eigenvalue weighted by Crippen LogP contribution is -2.49. The van der Waals surface area contributed by atoms with E-state index in [0.29, 0.717) is 48.2 Å². The van der Waals surface area contributed by atoms with Crippen LogP contribution in [0, 0.1) is 18.6 Å². The SMILES string of the molecule is CCNc1nc(NC2CCC(N(C(=O)C(F)(F)F)c3ccc(F)c(F)c3)CC2)ncc1C. The minimum Gasteiger partial charge on any atom is -0.370 e. The number of benzene rings is 1. The maximum Gasteiger partial charge on any atom is 0.471 e. The Kier molecular flexibility index (Phi) is 7.15. The van der Waals surface area contributed by atoms with Gasteiger partial charge in [-0.2, -0.15) is 18.2 Å². The van der Waals surface area contributed by atoms with Crippen molar-refractivity contribution >= 4 is 23.4 Å². The third kappa shape index (κ3) is 5.43. The Balaban J connectivity index is 1.73. The summed E-state index contributed by atoms with van der Waals surface area (Å²) in [6.45, 7) is 4.50. The maximum atomic E-state index is 13.7. The van der Waals surface area contributed by atoms with Gasteiger partial charge in [0.25, 0.3) is 0 Å². The molecule has 174 valence electrons. The number of amides is 1. The third-order valence-corrected chi connectivity index (χ3v) is 5.35. The van der Waals surface area contributed by atoms with Crippen LogP contribution in [0.2, 0.25) is 0 Å². The van der Waals surface area contributed by atoms with Crippen molar-refractivity contribution in [3.63, 3.8) is 0 Å². The van der Waals surface area contributed by atoms with Crippen LogP contribution < -0.4 is 15.5 Å². The third-order valence-electron chi connectivity index (χ3n) is 5.35. The van der Waals surface area contributed by atoms with E-state index >= 15 is 0 Å². The Morgan fingerprint density at radius 2 is 1.84 bits per heavy atom. The first-order valence-corrected chi connectivity index (χ1v) is 10.3. The number of hydrogen-bond donors (Lipinski definition) is 2. The van der Waals surface area contributed by atoms with Gasteiger partial charge in [-0.15, -0.1) is 0 Å². The minimum absolute atomic E-state index is 0.101. The molecule has 6 nitrogen and oxygen atoms in total. The summed E-state index contributed by atoms with van der Waals surface area (Å²) in [5.74, 6) is -3.52. The number of hydrogen-bond acceptors (Lipinski definition) is 5. The average Bonchev–Trinajstić information content (AvgIpc) is 2.74. The molecule has 1 aromatic carbocycles. The van der Waals surface area contributed by atoms with Gasteiger partial charge < -0.3 is 15.5 Å². The summed E-state index contributed by atoms with van der Waals surface area (Å²) in [5, 5.41) is 6.31. The summed E-state index contributed by atoms with van der Waals surface area (Å²) >= 11 is 0. The second-order valence-electron chi connectivity index (χ2n) is 7.68. The molecule has 32 heavy (non-hydrogen) atoms. The van der Waals surface area contributed by atoms with Gasteiger partial charge in [0, 0.05) is 42.1 Å². The molecule has 0 atom stereocenters. The van der Waals surface area contributed by atoms with Crippen molar-refractivity contribution in [3.8, 4) is 0 Å². The number of rotatable bonds is 6. The highest BCUT2D eigenvalue weighted by Crippen LogP contribution is 2.33. The second kappa shape index (κ2) is 9.66. The smallest absolute Gasteiger partial charge is 0.370 e. The molecule has 1 aromatic heterocycles. The zero-order chi connectivity index (χ0) is 23.5. The predicted octanol–water partition coefficient (Wildman–Crippen LogP) is 4.81. The zero-order valence-electron chi connectivity index (χ0n) is 17.6. The van der Waals surface area contributed by atoms with Gasteiger partial charge in [0.05, 0.1) is 0 Å². The number of carbonyl (C=O) groups is 1. The molecule has 0 bridgehead atoms. The van der Waals surface area contributed by atoms with Gasteiger partial charge in [-0.3, -0.25) is 4.79 Å². The molecule has 0 spiro atoms. The quantitative estimate of drug-likeness (QED) is 0.609. The molecule has 0 aliphatic heterocycles. The number of anilines is 3. The normalized spacial score (nSPS) is 18.8. The highest BCUT2D eigenvalue weighted by Gasteiger charge is 2.46. The molecule has 1 fully saturated rings. The lowest BCUT2D eigenvalue weighted by atomic mass is 9.89. The lowest BCUT2D eigenvalue weighted by Gasteiger charge is -2.37. The fraction of sp³-hybridized carbons (Fsp3) is 0.476. The fourth-order valence-corrected chi connectivity index (χ4v) is 3.78. The standard InChI is InChI=1S/C21H24F5N5O/c1-3-27-18-12(2)11-28-20(30-18)29-13-4-6-14(7-5-13)31(19(32)21(24,25)26)15-8-9-16(22)17(23)10-15/h8-11,13-14H,3-7H2,1-2H3,(H2,27,28,29,30). The molecule has 2 aromatic rings. The van der Waals surface area contributed by atoms with Gasteiger partial charge in [0.1, 0.15) is 5.82 Å². The molecule has 3 rings (SSSR count). The summed E-state index contributed by atoms with van der Waals surface area (Å²) in [5.41, 5.74) is 0.564. The van der Waals surface area contributed by atoms with E-state index in [1.54, 1.807) is 6.20 Å². The summed E-state index contributed by atoms with van der Waals surface area (Å²) in [6.07, 6.45) is -2.09. The first-order chi connectivity index (χ1) is 15.1. The van der Waals surface area contributed by atoms with Crippen LogP contribution in [0.15, 0.2) is 24.4 Å². The summed E-state index contributed by atoms with van der Waals surface area (Å²) in [7, 11) is 0. The van der Waals surface area contributed by atoms with Gasteiger partial charge in [0.15, 0.2) is 11.6 Å². The van der Waals surface area contributed by atoms with E-state index in [2.05, 4.69) is 20.6 Å². The summed E-state index contributed by atoms with van der Waals surface area (Å²) < 4.78 is 66.6. The van der Waals surface area contributed by atoms with Gasteiger partial charge >= 0.3 is 12.1 Å². The molecule has 0 unspecified atom stereocenters. The van der Waals surface area contributed by atoms with Crippen LogP contribution in [0.3, 0.4) is 0 Å². The molecule has 11 heteroatoms. The van der Waals surface area contributed by atoms with Crippen molar-refractivity contribution in [2.24, 2.45) is 0 Å². The van der Waals surface area contributed by atoms with Crippen LogP contribution in [-0.4, -0.2) is 40.7 Å². The number of alkyl halides is 3. The molecule has 1 heterocycles. The monoisotopic (exact) mass is 457 g/mol. The first-order valence-electron chi connectivity index (χ1n) is 10.3. The molecular weight excluding hydrogens is 433 g/mol. The lowest BCUT2D eigenvalue weighted by molar-refractivity contribution is -0.171. The molecule has 1 amide bonds. The van der Waals surface area contributed by atoms with E-state index in [-0.39, 0.29) is 24.6 Å². The van der Waals surface area contributed by atoms with Gasteiger partial charge in [0.2, 0.25) is 5.95 Å². The molecule has 0 radical (unpaired) electrons. The molecule has 0 saturated heterocycles. The van der Waals surface area contributed by atoms with Gasteiger partial charge in [-0.05, 0) is 51.7 Å². The number of halogens is 5.